The van der Waals surface area contributed by atoms with Gasteiger partial charge in [0.15, 0.2) is 0 Å². The van der Waals surface area contributed by atoms with Gasteiger partial charge in [0.2, 0.25) is 0 Å². The summed E-state index contributed by atoms with van der Waals surface area (Å²) in [4.78, 5) is 4.10. The molecule has 0 aromatic carbocycles. The fourth-order valence-electron chi connectivity index (χ4n) is 1.91. The zero-order valence-corrected chi connectivity index (χ0v) is 10.2. The van der Waals surface area contributed by atoms with E-state index >= 15 is 0 Å². The lowest BCUT2D eigenvalue weighted by Gasteiger charge is -2.17. The molecule has 3 nitrogen and oxygen atoms in total. The van der Waals surface area contributed by atoms with Crippen LogP contribution in [0.5, 0.6) is 5.75 Å². The maximum Gasteiger partial charge on any atom is 0.137 e. The molecule has 1 N–H and O–H groups in total. The highest BCUT2D eigenvalue weighted by Gasteiger charge is 2.25. The van der Waals surface area contributed by atoms with Crippen LogP contribution in [0, 0.1) is 0 Å². The molecular weight excluding hydrogens is 222 g/mol. The third-order valence-corrected chi connectivity index (χ3v) is 4.15. The normalized spacial score (nSPS) is 22.0. The minimum absolute atomic E-state index is 0.318. The van der Waals surface area contributed by atoms with Gasteiger partial charge in [0.05, 0.1) is 18.9 Å². The summed E-state index contributed by atoms with van der Waals surface area (Å²) in [6, 6.07) is 1.89. The molecule has 0 aliphatic carbocycles. The van der Waals surface area contributed by atoms with Gasteiger partial charge in [0.25, 0.3) is 0 Å². The lowest BCUT2D eigenvalue weighted by Crippen LogP contribution is -2.12. The minimum atomic E-state index is -0.416. The number of nitrogens with zero attached hydrogens (tertiary/aromatic N) is 1. The van der Waals surface area contributed by atoms with E-state index in [9.17, 15) is 5.11 Å². The van der Waals surface area contributed by atoms with Crippen LogP contribution in [0.3, 0.4) is 0 Å². The molecule has 1 aliphatic rings. The number of hydrogen-bond donors (Lipinski definition) is 1. The van der Waals surface area contributed by atoms with Gasteiger partial charge in [-0.15, -0.1) is 0 Å². The van der Waals surface area contributed by atoms with E-state index in [4.69, 9.17) is 4.74 Å². The molecule has 1 saturated heterocycles. The van der Waals surface area contributed by atoms with Crippen LogP contribution in [0.25, 0.3) is 0 Å². The van der Waals surface area contributed by atoms with Gasteiger partial charge in [0, 0.05) is 17.0 Å². The highest BCUT2D eigenvalue weighted by Crippen LogP contribution is 2.36. The predicted molar refractivity (Wildman–Crippen MR) is 65.8 cm³/mol. The molecule has 0 amide bonds. The Balaban J connectivity index is 2.09. The van der Waals surface area contributed by atoms with Crippen LogP contribution in [-0.2, 0) is 0 Å². The highest BCUT2D eigenvalue weighted by molar-refractivity contribution is 8.00. The summed E-state index contributed by atoms with van der Waals surface area (Å²) in [5, 5.41) is 10.5. The lowest BCUT2D eigenvalue weighted by atomic mass is 10.1. The number of ether oxygens (including phenoxy) is 1. The van der Waals surface area contributed by atoms with Crippen molar-refractivity contribution >= 4 is 11.8 Å². The Bertz CT molecular complexity index is 340. The SMILES string of the molecule is CCOc1cncc(C(O)C2CCCS2)c1. The van der Waals surface area contributed by atoms with Crippen molar-refractivity contribution in [1.29, 1.82) is 0 Å². The van der Waals surface area contributed by atoms with E-state index in [1.165, 1.54) is 6.42 Å². The Morgan fingerprint density at radius 1 is 1.62 bits per heavy atom. The second-order valence-corrected chi connectivity index (χ2v) is 5.23. The molecule has 16 heavy (non-hydrogen) atoms. The molecule has 0 spiro atoms. The molecule has 2 unspecified atom stereocenters. The Labute approximate surface area is 100 Å². The molecule has 1 fully saturated rings. The fraction of sp³-hybridized carbons (Fsp3) is 0.583. The fourth-order valence-corrected chi connectivity index (χ4v) is 3.22. The van der Waals surface area contributed by atoms with Gasteiger partial charge in [-0.2, -0.15) is 11.8 Å². The van der Waals surface area contributed by atoms with E-state index in [2.05, 4.69) is 4.98 Å². The Morgan fingerprint density at radius 3 is 3.19 bits per heavy atom. The average molecular weight is 239 g/mol. The minimum Gasteiger partial charge on any atom is -0.492 e. The maximum absolute atomic E-state index is 10.2. The van der Waals surface area contributed by atoms with Crippen molar-refractivity contribution in [2.24, 2.45) is 0 Å². The first kappa shape index (κ1) is 11.7. The topological polar surface area (TPSA) is 42.4 Å². The van der Waals surface area contributed by atoms with Gasteiger partial charge in [-0.25, -0.2) is 0 Å². The quantitative estimate of drug-likeness (QED) is 0.876. The van der Waals surface area contributed by atoms with Gasteiger partial charge >= 0.3 is 0 Å². The highest BCUT2D eigenvalue weighted by atomic mass is 32.2. The number of aromatic nitrogens is 1. The standard InChI is InChI=1S/C12H17NO2S/c1-2-15-10-6-9(7-13-8-10)12(14)11-4-3-5-16-11/h6-8,11-12,14H,2-5H2,1H3. The van der Waals surface area contributed by atoms with Gasteiger partial charge in [-0.05, 0) is 31.6 Å². The molecule has 1 aromatic rings. The summed E-state index contributed by atoms with van der Waals surface area (Å²) in [6.07, 6.45) is 5.28. The van der Waals surface area contributed by atoms with Crippen LogP contribution in [-0.4, -0.2) is 27.7 Å². The summed E-state index contributed by atoms with van der Waals surface area (Å²) in [5.41, 5.74) is 0.866. The van der Waals surface area contributed by atoms with Crippen molar-refractivity contribution in [2.75, 3.05) is 12.4 Å². The largest absolute Gasteiger partial charge is 0.492 e. The molecule has 0 saturated carbocycles. The summed E-state index contributed by atoms with van der Waals surface area (Å²) < 4.78 is 5.38. The monoisotopic (exact) mass is 239 g/mol. The predicted octanol–water partition coefficient (Wildman–Crippen LogP) is 2.41. The first-order chi connectivity index (χ1) is 7.81. The number of rotatable bonds is 4. The molecule has 2 heterocycles. The third-order valence-electron chi connectivity index (χ3n) is 2.70. The molecule has 0 radical (unpaired) electrons. The Kier molecular flexibility index (Phi) is 4.07. The van der Waals surface area contributed by atoms with Crippen LogP contribution in [0.15, 0.2) is 18.5 Å². The average Bonchev–Trinajstić information content (AvgIpc) is 2.82. The number of aliphatic hydroxyl groups is 1. The molecule has 2 rings (SSSR count). The van der Waals surface area contributed by atoms with Gasteiger partial charge < -0.3 is 9.84 Å². The van der Waals surface area contributed by atoms with Crippen molar-refractivity contribution in [2.45, 2.75) is 31.1 Å². The molecule has 0 bridgehead atoms. The van der Waals surface area contributed by atoms with E-state index in [1.807, 2.05) is 24.8 Å². The van der Waals surface area contributed by atoms with Gasteiger partial charge in [0.1, 0.15) is 5.75 Å². The van der Waals surface area contributed by atoms with E-state index in [0.717, 1.165) is 23.5 Å². The third kappa shape index (κ3) is 2.68. The number of hydrogen-bond acceptors (Lipinski definition) is 4. The van der Waals surface area contributed by atoms with Crippen LogP contribution in [0.2, 0.25) is 0 Å². The van der Waals surface area contributed by atoms with Gasteiger partial charge in [-0.3, -0.25) is 4.98 Å². The number of aliphatic hydroxyl groups excluding tert-OH is 1. The van der Waals surface area contributed by atoms with Crippen molar-refractivity contribution in [3.63, 3.8) is 0 Å². The van der Waals surface area contributed by atoms with E-state index in [0.29, 0.717) is 11.9 Å². The van der Waals surface area contributed by atoms with Crippen LogP contribution >= 0.6 is 11.8 Å². The van der Waals surface area contributed by atoms with Crippen molar-refractivity contribution in [3.05, 3.63) is 24.0 Å². The second-order valence-electron chi connectivity index (χ2n) is 3.88. The van der Waals surface area contributed by atoms with E-state index in [-0.39, 0.29) is 0 Å². The van der Waals surface area contributed by atoms with Crippen LogP contribution in [0.4, 0.5) is 0 Å². The number of pyridine rings is 1. The lowest BCUT2D eigenvalue weighted by molar-refractivity contribution is 0.172. The zero-order valence-electron chi connectivity index (χ0n) is 9.43. The molecule has 1 aromatic heterocycles. The summed E-state index contributed by atoms with van der Waals surface area (Å²) in [6.45, 7) is 2.56. The first-order valence-corrected chi connectivity index (χ1v) is 6.73. The van der Waals surface area contributed by atoms with Crippen LogP contribution in [0.1, 0.15) is 31.4 Å². The molecular formula is C12H17NO2S. The molecule has 2 atom stereocenters. The number of thioether (sulfide) groups is 1. The Morgan fingerprint density at radius 2 is 2.50 bits per heavy atom. The molecule has 1 aliphatic heterocycles. The van der Waals surface area contributed by atoms with E-state index < -0.39 is 6.10 Å². The van der Waals surface area contributed by atoms with Crippen LogP contribution < -0.4 is 4.74 Å². The van der Waals surface area contributed by atoms with E-state index in [1.54, 1.807) is 12.4 Å². The second kappa shape index (κ2) is 5.55. The molecule has 4 heteroatoms. The smallest absolute Gasteiger partial charge is 0.137 e. The zero-order chi connectivity index (χ0) is 11.4. The van der Waals surface area contributed by atoms with Crippen molar-refractivity contribution in [3.8, 4) is 5.75 Å². The van der Waals surface area contributed by atoms with Crippen molar-refractivity contribution < 1.29 is 9.84 Å². The summed E-state index contributed by atoms with van der Waals surface area (Å²) in [7, 11) is 0. The maximum atomic E-state index is 10.2. The van der Waals surface area contributed by atoms with Gasteiger partial charge in [-0.1, -0.05) is 0 Å². The summed E-state index contributed by atoms with van der Waals surface area (Å²) in [5.74, 6) is 1.89. The summed E-state index contributed by atoms with van der Waals surface area (Å²) >= 11 is 1.85. The first-order valence-electron chi connectivity index (χ1n) is 5.68. The van der Waals surface area contributed by atoms with Crippen molar-refractivity contribution in [1.82, 2.24) is 4.98 Å². The molecule has 88 valence electrons. The Hall–Kier alpha value is -0.740.